The van der Waals surface area contributed by atoms with Crippen LogP contribution in [0.1, 0.15) is 11.1 Å². The molecule has 2 rings (SSSR count). The lowest BCUT2D eigenvalue weighted by Crippen LogP contribution is -2.37. The quantitative estimate of drug-likeness (QED) is 0.354. The number of rotatable bonds is 7. The van der Waals surface area contributed by atoms with E-state index in [1.54, 1.807) is 21.3 Å². The smallest absolute Gasteiger partial charge is 0.191 e. The summed E-state index contributed by atoms with van der Waals surface area (Å²) in [6, 6.07) is 9.24. The van der Waals surface area contributed by atoms with Gasteiger partial charge in [0.15, 0.2) is 17.5 Å². The predicted octanol–water partition coefficient (Wildman–Crippen LogP) is 3.51. The van der Waals surface area contributed by atoms with Crippen LogP contribution in [0.25, 0.3) is 0 Å². The molecule has 0 fully saturated rings. The van der Waals surface area contributed by atoms with Crippen LogP contribution in [0.15, 0.2) is 41.4 Å². The average Bonchev–Trinajstić information content (AvgIpc) is 2.65. The first-order valence-corrected chi connectivity index (χ1v) is 8.16. The number of hydrogen-bond acceptors (Lipinski definition) is 3. The van der Waals surface area contributed by atoms with Crippen molar-refractivity contribution in [2.24, 2.45) is 4.99 Å². The molecule has 8 heteroatoms. The number of methoxy groups -OCH3 is 2. The van der Waals surface area contributed by atoms with Crippen LogP contribution in [0, 0.1) is 11.6 Å². The zero-order valence-corrected chi connectivity index (χ0v) is 17.8. The maximum Gasteiger partial charge on any atom is 0.191 e. The van der Waals surface area contributed by atoms with Gasteiger partial charge in [-0.05, 0) is 35.7 Å². The normalized spacial score (nSPS) is 10.8. The number of benzene rings is 2. The third-order valence-electron chi connectivity index (χ3n) is 3.83. The lowest BCUT2D eigenvalue weighted by atomic mass is 10.1. The van der Waals surface area contributed by atoms with Gasteiger partial charge in [0.2, 0.25) is 0 Å². The van der Waals surface area contributed by atoms with Gasteiger partial charge in [0.1, 0.15) is 11.6 Å². The standard InChI is InChI=1S/C19H23F2N3O2.HI/c1-22-19(23-9-8-14-5-6-15(20)11-16(14)21)24-12-13-4-7-17(25-2)18(10-13)26-3;/h4-7,10-11H,8-9,12H2,1-3H3,(H2,22,23,24);1H. The molecule has 0 aliphatic heterocycles. The van der Waals surface area contributed by atoms with Gasteiger partial charge >= 0.3 is 0 Å². The monoisotopic (exact) mass is 491 g/mol. The van der Waals surface area contributed by atoms with Gasteiger partial charge < -0.3 is 20.1 Å². The van der Waals surface area contributed by atoms with Crippen LogP contribution in [-0.2, 0) is 13.0 Å². The second-order valence-electron chi connectivity index (χ2n) is 5.53. The Balaban J connectivity index is 0.00000364. The summed E-state index contributed by atoms with van der Waals surface area (Å²) in [7, 11) is 4.83. The molecular formula is C19H24F2IN3O2. The van der Waals surface area contributed by atoms with Crippen LogP contribution in [0.2, 0.25) is 0 Å². The molecule has 0 heterocycles. The molecule has 0 bridgehead atoms. The van der Waals surface area contributed by atoms with Gasteiger partial charge in [-0.3, -0.25) is 4.99 Å². The predicted molar refractivity (Wildman–Crippen MR) is 113 cm³/mol. The molecule has 0 spiro atoms. The molecule has 0 unspecified atom stereocenters. The lowest BCUT2D eigenvalue weighted by Gasteiger charge is -2.13. The van der Waals surface area contributed by atoms with E-state index < -0.39 is 11.6 Å². The maximum absolute atomic E-state index is 13.6. The van der Waals surface area contributed by atoms with Gasteiger partial charge in [0.05, 0.1) is 14.2 Å². The van der Waals surface area contributed by atoms with Crippen molar-refractivity contribution in [3.8, 4) is 11.5 Å². The summed E-state index contributed by atoms with van der Waals surface area (Å²) in [5.74, 6) is 0.788. The first-order valence-electron chi connectivity index (χ1n) is 8.16. The number of guanidine groups is 1. The third kappa shape index (κ3) is 6.85. The molecule has 0 saturated carbocycles. The summed E-state index contributed by atoms with van der Waals surface area (Å²) in [5, 5.41) is 6.28. The van der Waals surface area contributed by atoms with E-state index in [4.69, 9.17) is 9.47 Å². The third-order valence-corrected chi connectivity index (χ3v) is 3.83. The van der Waals surface area contributed by atoms with E-state index in [9.17, 15) is 8.78 Å². The molecule has 5 nitrogen and oxygen atoms in total. The average molecular weight is 491 g/mol. The highest BCUT2D eigenvalue weighted by Crippen LogP contribution is 2.27. The van der Waals surface area contributed by atoms with Crippen molar-refractivity contribution in [2.45, 2.75) is 13.0 Å². The Morgan fingerprint density at radius 2 is 1.74 bits per heavy atom. The molecular weight excluding hydrogens is 467 g/mol. The van der Waals surface area contributed by atoms with Gasteiger partial charge in [0.25, 0.3) is 0 Å². The summed E-state index contributed by atoms with van der Waals surface area (Å²) in [6.45, 7) is 0.999. The van der Waals surface area contributed by atoms with E-state index in [1.807, 2.05) is 18.2 Å². The fourth-order valence-electron chi connectivity index (χ4n) is 2.44. The van der Waals surface area contributed by atoms with Crippen LogP contribution < -0.4 is 20.1 Å². The van der Waals surface area contributed by atoms with Gasteiger partial charge in [-0.2, -0.15) is 0 Å². The van der Waals surface area contributed by atoms with Crippen molar-refractivity contribution in [3.63, 3.8) is 0 Å². The van der Waals surface area contributed by atoms with Crippen LogP contribution in [-0.4, -0.2) is 33.8 Å². The molecule has 2 N–H and O–H groups in total. The molecule has 0 saturated heterocycles. The van der Waals surface area contributed by atoms with Crippen LogP contribution in [0.4, 0.5) is 8.78 Å². The highest BCUT2D eigenvalue weighted by atomic mass is 127. The van der Waals surface area contributed by atoms with Crippen molar-refractivity contribution in [3.05, 3.63) is 59.2 Å². The van der Waals surface area contributed by atoms with E-state index in [-0.39, 0.29) is 24.0 Å². The summed E-state index contributed by atoms with van der Waals surface area (Å²) in [6.07, 6.45) is 0.420. The van der Waals surface area contributed by atoms with Gasteiger partial charge in [0, 0.05) is 26.2 Å². The fourth-order valence-corrected chi connectivity index (χ4v) is 2.44. The van der Waals surface area contributed by atoms with Gasteiger partial charge in [-0.15, -0.1) is 24.0 Å². The van der Waals surface area contributed by atoms with E-state index in [2.05, 4.69) is 15.6 Å². The van der Waals surface area contributed by atoms with Crippen LogP contribution >= 0.6 is 24.0 Å². The number of nitrogens with zero attached hydrogens (tertiary/aromatic N) is 1. The number of aliphatic imine (C=N–C) groups is 1. The summed E-state index contributed by atoms with van der Waals surface area (Å²) < 4.78 is 37.0. The Morgan fingerprint density at radius 1 is 1.00 bits per heavy atom. The van der Waals surface area contributed by atoms with Crippen LogP contribution in [0.3, 0.4) is 0 Å². The number of halogens is 3. The molecule has 0 aromatic heterocycles. The number of nitrogens with one attached hydrogen (secondary N) is 2. The zero-order valence-electron chi connectivity index (χ0n) is 15.5. The minimum atomic E-state index is -0.577. The number of ether oxygens (including phenoxy) is 2. The Hall–Kier alpha value is -2.10. The van der Waals surface area contributed by atoms with Crippen molar-refractivity contribution >= 4 is 29.9 Å². The van der Waals surface area contributed by atoms with Crippen molar-refractivity contribution in [1.82, 2.24) is 10.6 Å². The molecule has 0 amide bonds. The lowest BCUT2D eigenvalue weighted by molar-refractivity contribution is 0.354. The molecule has 0 radical (unpaired) electrons. The Morgan fingerprint density at radius 3 is 2.37 bits per heavy atom. The van der Waals surface area contributed by atoms with E-state index in [0.29, 0.717) is 42.5 Å². The highest BCUT2D eigenvalue weighted by molar-refractivity contribution is 14.0. The Bertz CT molecular complexity index is 773. The van der Waals surface area contributed by atoms with E-state index in [1.165, 1.54) is 12.1 Å². The Labute approximate surface area is 175 Å². The van der Waals surface area contributed by atoms with Gasteiger partial charge in [-0.1, -0.05) is 12.1 Å². The number of hydrogen-bond donors (Lipinski definition) is 2. The molecule has 2 aromatic carbocycles. The van der Waals surface area contributed by atoms with E-state index >= 15 is 0 Å². The zero-order chi connectivity index (χ0) is 18.9. The largest absolute Gasteiger partial charge is 0.493 e. The molecule has 148 valence electrons. The Kier molecular flexibility index (Phi) is 9.84. The van der Waals surface area contributed by atoms with Crippen molar-refractivity contribution in [1.29, 1.82) is 0 Å². The summed E-state index contributed by atoms with van der Waals surface area (Å²) in [4.78, 5) is 4.13. The van der Waals surface area contributed by atoms with Gasteiger partial charge in [-0.25, -0.2) is 8.78 Å². The fraction of sp³-hybridized carbons (Fsp3) is 0.316. The molecule has 2 aromatic rings. The summed E-state index contributed by atoms with van der Waals surface area (Å²) in [5.41, 5.74) is 1.45. The second-order valence-corrected chi connectivity index (χ2v) is 5.53. The molecule has 0 atom stereocenters. The minimum absolute atomic E-state index is 0. The minimum Gasteiger partial charge on any atom is -0.493 e. The van der Waals surface area contributed by atoms with Crippen LogP contribution in [0.5, 0.6) is 11.5 Å². The SMILES string of the molecule is CN=C(NCCc1ccc(F)cc1F)NCc1ccc(OC)c(OC)c1.I. The first kappa shape index (κ1) is 22.9. The second kappa shape index (κ2) is 11.6. The summed E-state index contributed by atoms with van der Waals surface area (Å²) >= 11 is 0. The topological polar surface area (TPSA) is 54.9 Å². The molecule has 0 aliphatic rings. The highest BCUT2D eigenvalue weighted by Gasteiger charge is 2.06. The molecule has 0 aliphatic carbocycles. The maximum atomic E-state index is 13.6. The first-order chi connectivity index (χ1) is 12.6. The van der Waals surface area contributed by atoms with Crippen molar-refractivity contribution < 1.29 is 18.3 Å². The van der Waals surface area contributed by atoms with Crippen molar-refractivity contribution in [2.75, 3.05) is 27.8 Å². The molecule has 27 heavy (non-hydrogen) atoms. The van der Waals surface area contributed by atoms with E-state index in [0.717, 1.165) is 11.6 Å².